The Kier molecular flexibility index (Phi) is 5.15. The van der Waals surface area contributed by atoms with Crippen LogP contribution >= 0.6 is 39.1 Å². The van der Waals surface area contributed by atoms with Gasteiger partial charge >= 0.3 is 0 Å². The van der Waals surface area contributed by atoms with Crippen molar-refractivity contribution in [1.29, 1.82) is 0 Å². The third kappa shape index (κ3) is 3.49. The molecule has 0 nitrogen and oxygen atoms in total. The zero-order valence-corrected chi connectivity index (χ0v) is 10.3. The Balaban J connectivity index is 2.71. The van der Waals surface area contributed by atoms with Crippen LogP contribution in [0.2, 0.25) is 0 Å². The number of halogens is 3. The van der Waals surface area contributed by atoms with E-state index in [1.807, 2.05) is 0 Å². The third-order valence-electron chi connectivity index (χ3n) is 1.86. The molecule has 0 aliphatic rings. The van der Waals surface area contributed by atoms with E-state index >= 15 is 0 Å². The molecule has 0 saturated heterocycles. The summed E-state index contributed by atoms with van der Waals surface area (Å²) in [4.78, 5) is 0. The Morgan fingerprint density at radius 1 is 1.23 bits per heavy atom. The molecule has 1 aromatic carbocycles. The smallest absolute Gasteiger partial charge is 0.0485 e. The molecule has 0 saturated carbocycles. The molecule has 0 aliphatic heterocycles. The molecule has 13 heavy (non-hydrogen) atoms. The molecule has 0 fully saturated rings. The number of aryl methyl sites for hydroxylation is 1. The number of hydrogen-bond acceptors (Lipinski definition) is 0. The van der Waals surface area contributed by atoms with E-state index in [1.165, 1.54) is 5.56 Å². The first kappa shape index (κ1) is 11.4. The van der Waals surface area contributed by atoms with Gasteiger partial charge in [-0.1, -0.05) is 28.1 Å². The fraction of sp³-hybridized carbons (Fsp3) is 0.400. The van der Waals surface area contributed by atoms with Crippen LogP contribution in [0.5, 0.6) is 0 Å². The van der Waals surface area contributed by atoms with Crippen molar-refractivity contribution < 1.29 is 0 Å². The van der Waals surface area contributed by atoms with Crippen LogP contribution in [0.1, 0.15) is 17.5 Å². The summed E-state index contributed by atoms with van der Waals surface area (Å²) in [5.74, 6) is 1.27. The maximum absolute atomic E-state index is 5.74. The molecule has 1 rings (SSSR count). The first-order valence-corrected chi connectivity index (χ1v) is 6.03. The Morgan fingerprint density at radius 3 is 2.54 bits per heavy atom. The van der Waals surface area contributed by atoms with Gasteiger partial charge in [0.05, 0.1) is 0 Å². The fourth-order valence-corrected chi connectivity index (χ4v) is 2.22. The quantitative estimate of drug-likeness (QED) is 0.720. The van der Waals surface area contributed by atoms with Crippen LogP contribution in [-0.4, -0.2) is 5.88 Å². The average molecular weight is 282 g/mol. The summed E-state index contributed by atoms with van der Waals surface area (Å²) in [5.41, 5.74) is 2.44. The highest BCUT2D eigenvalue weighted by Crippen LogP contribution is 2.21. The standard InChI is InChI=1S/C10H11BrCl2/c11-10-6-8(2-1-5-12)3-4-9(10)7-13/h3-4,6H,1-2,5,7H2. The van der Waals surface area contributed by atoms with Crippen molar-refractivity contribution in [2.75, 3.05) is 5.88 Å². The molecule has 0 aliphatic carbocycles. The molecule has 72 valence electrons. The topological polar surface area (TPSA) is 0 Å². The van der Waals surface area contributed by atoms with E-state index in [9.17, 15) is 0 Å². The maximum Gasteiger partial charge on any atom is 0.0485 e. The molecule has 0 spiro atoms. The summed E-state index contributed by atoms with van der Waals surface area (Å²) in [5, 5.41) is 0. The van der Waals surface area contributed by atoms with Gasteiger partial charge in [-0.05, 0) is 30.0 Å². The van der Waals surface area contributed by atoms with E-state index in [2.05, 4.69) is 34.1 Å². The van der Waals surface area contributed by atoms with Gasteiger partial charge < -0.3 is 0 Å². The largest absolute Gasteiger partial charge is 0.127 e. The molecule has 0 aromatic heterocycles. The number of hydrogen-bond donors (Lipinski definition) is 0. The zero-order valence-electron chi connectivity index (χ0n) is 7.19. The molecule has 0 heterocycles. The van der Waals surface area contributed by atoms with Crippen LogP contribution in [0.3, 0.4) is 0 Å². The van der Waals surface area contributed by atoms with Crippen molar-refractivity contribution in [3.8, 4) is 0 Å². The van der Waals surface area contributed by atoms with E-state index in [-0.39, 0.29) is 0 Å². The minimum Gasteiger partial charge on any atom is -0.127 e. The van der Waals surface area contributed by atoms with Crippen molar-refractivity contribution >= 4 is 39.1 Å². The number of alkyl halides is 2. The van der Waals surface area contributed by atoms with Gasteiger partial charge in [0.2, 0.25) is 0 Å². The van der Waals surface area contributed by atoms with Crippen LogP contribution in [0.4, 0.5) is 0 Å². The molecule has 3 heteroatoms. The molecule has 0 unspecified atom stereocenters. The summed E-state index contributed by atoms with van der Waals surface area (Å²) in [7, 11) is 0. The Morgan fingerprint density at radius 2 is 2.00 bits per heavy atom. The van der Waals surface area contributed by atoms with Crippen molar-refractivity contribution in [3.63, 3.8) is 0 Å². The van der Waals surface area contributed by atoms with Crippen molar-refractivity contribution in [2.45, 2.75) is 18.7 Å². The van der Waals surface area contributed by atoms with Crippen LogP contribution in [-0.2, 0) is 12.3 Å². The second kappa shape index (κ2) is 5.90. The lowest BCUT2D eigenvalue weighted by Crippen LogP contribution is -1.88. The van der Waals surface area contributed by atoms with E-state index in [0.29, 0.717) is 5.88 Å². The van der Waals surface area contributed by atoms with Gasteiger partial charge in [-0.3, -0.25) is 0 Å². The first-order chi connectivity index (χ1) is 6.27. The second-order valence-corrected chi connectivity index (χ2v) is 4.35. The lowest BCUT2D eigenvalue weighted by molar-refractivity contribution is 0.927. The van der Waals surface area contributed by atoms with Gasteiger partial charge in [0, 0.05) is 16.2 Å². The summed E-state index contributed by atoms with van der Waals surface area (Å²) < 4.78 is 1.09. The van der Waals surface area contributed by atoms with Gasteiger partial charge in [-0.15, -0.1) is 23.2 Å². The SMILES string of the molecule is ClCCCc1ccc(CCl)c(Br)c1. The Labute approximate surface area is 97.4 Å². The molecule has 0 amide bonds. The van der Waals surface area contributed by atoms with Crippen LogP contribution in [0, 0.1) is 0 Å². The normalized spacial score (nSPS) is 10.4. The molecular weight excluding hydrogens is 271 g/mol. The number of rotatable bonds is 4. The maximum atomic E-state index is 5.74. The second-order valence-electron chi connectivity index (χ2n) is 2.85. The molecule has 0 N–H and O–H groups in total. The summed E-state index contributed by atoms with van der Waals surface area (Å²) >= 11 is 14.8. The van der Waals surface area contributed by atoms with Crippen molar-refractivity contribution in [3.05, 3.63) is 33.8 Å². The van der Waals surface area contributed by atoms with E-state index in [4.69, 9.17) is 23.2 Å². The average Bonchev–Trinajstić information content (AvgIpc) is 2.15. The van der Waals surface area contributed by atoms with Crippen LogP contribution in [0.15, 0.2) is 22.7 Å². The van der Waals surface area contributed by atoms with Gasteiger partial charge in [0.25, 0.3) is 0 Å². The third-order valence-corrected chi connectivity index (χ3v) is 3.15. The molecule has 0 radical (unpaired) electrons. The van der Waals surface area contributed by atoms with Gasteiger partial charge in [-0.25, -0.2) is 0 Å². The van der Waals surface area contributed by atoms with E-state index < -0.39 is 0 Å². The van der Waals surface area contributed by atoms with E-state index in [1.54, 1.807) is 0 Å². The lowest BCUT2D eigenvalue weighted by Gasteiger charge is -2.03. The van der Waals surface area contributed by atoms with Crippen molar-refractivity contribution in [2.24, 2.45) is 0 Å². The summed E-state index contributed by atoms with van der Waals surface area (Å²) in [6.45, 7) is 0. The highest BCUT2D eigenvalue weighted by atomic mass is 79.9. The predicted molar refractivity (Wildman–Crippen MR) is 62.7 cm³/mol. The Bertz CT molecular complexity index is 274. The Hall–Kier alpha value is 0.280. The van der Waals surface area contributed by atoms with Crippen LogP contribution < -0.4 is 0 Å². The first-order valence-electron chi connectivity index (χ1n) is 4.17. The summed E-state index contributed by atoms with van der Waals surface area (Å²) in [6, 6.07) is 6.28. The van der Waals surface area contributed by atoms with Gasteiger partial charge in [0.15, 0.2) is 0 Å². The monoisotopic (exact) mass is 280 g/mol. The fourth-order valence-electron chi connectivity index (χ4n) is 1.13. The predicted octanol–water partition coefficient (Wildman–Crippen LogP) is 4.36. The van der Waals surface area contributed by atoms with Crippen LogP contribution in [0.25, 0.3) is 0 Å². The highest BCUT2D eigenvalue weighted by Gasteiger charge is 1.99. The lowest BCUT2D eigenvalue weighted by atomic mass is 10.1. The zero-order chi connectivity index (χ0) is 9.68. The molecular formula is C10H11BrCl2. The number of benzene rings is 1. The minimum absolute atomic E-state index is 0.552. The van der Waals surface area contributed by atoms with Gasteiger partial charge in [-0.2, -0.15) is 0 Å². The van der Waals surface area contributed by atoms with Crippen molar-refractivity contribution in [1.82, 2.24) is 0 Å². The van der Waals surface area contributed by atoms with E-state index in [0.717, 1.165) is 28.8 Å². The van der Waals surface area contributed by atoms with Gasteiger partial charge in [0.1, 0.15) is 0 Å². The highest BCUT2D eigenvalue weighted by molar-refractivity contribution is 9.10. The molecule has 0 bridgehead atoms. The molecule has 1 aromatic rings. The minimum atomic E-state index is 0.552. The molecule has 0 atom stereocenters. The summed E-state index contributed by atoms with van der Waals surface area (Å²) in [6.07, 6.45) is 2.05.